The predicted molar refractivity (Wildman–Crippen MR) is 140 cm³/mol. The van der Waals surface area contributed by atoms with Gasteiger partial charge in [-0.25, -0.2) is 28.4 Å². The van der Waals surface area contributed by atoms with Gasteiger partial charge in [-0.2, -0.15) is 0 Å². The molecule has 0 atom stereocenters. The van der Waals surface area contributed by atoms with Crippen LogP contribution >= 0.6 is 11.6 Å². The number of benzene rings is 2. The molecule has 0 saturated heterocycles. The maximum atomic E-state index is 13.3. The van der Waals surface area contributed by atoms with Gasteiger partial charge in [0, 0.05) is 63.8 Å². The van der Waals surface area contributed by atoms with Crippen molar-refractivity contribution in [1.29, 1.82) is 0 Å². The Morgan fingerprint density at radius 2 is 1.46 bits per heavy atom. The minimum Gasteiger partial charge on any atom is -0.263 e. The van der Waals surface area contributed by atoms with Gasteiger partial charge in [0.15, 0.2) is 11.6 Å². The molecule has 0 aliphatic carbocycles. The molecule has 0 bridgehead atoms. The van der Waals surface area contributed by atoms with Crippen molar-refractivity contribution in [1.82, 2.24) is 19.9 Å². The van der Waals surface area contributed by atoms with E-state index in [-0.39, 0.29) is 84.3 Å². The molecule has 35 heavy (non-hydrogen) atoms. The van der Waals surface area contributed by atoms with Gasteiger partial charge in [0.25, 0.3) is 10.0 Å². The van der Waals surface area contributed by atoms with Gasteiger partial charge in [0.2, 0.25) is 5.82 Å². The van der Waals surface area contributed by atoms with Crippen LogP contribution in [0.1, 0.15) is 31.9 Å². The molecule has 10 heteroatoms. The van der Waals surface area contributed by atoms with Crippen molar-refractivity contribution < 1.29 is 8.42 Å². The number of nitrogens with zero attached hydrogens (tertiary/aromatic N) is 4. The summed E-state index contributed by atoms with van der Waals surface area (Å²) in [7, 11) is -3.97. The number of nitrogens with one attached hydrogen (secondary N) is 1. The Morgan fingerprint density at radius 3 is 2.03 bits per heavy atom. The molecule has 2 aromatic carbocycles. The van der Waals surface area contributed by atoms with Crippen LogP contribution in [-0.4, -0.2) is 79.7 Å². The molecule has 0 fully saturated rings. The Kier molecular flexibility index (Phi) is 8.85. The first kappa shape index (κ1) is 27.9. The first-order valence-corrected chi connectivity index (χ1v) is 12.5. The second-order valence-corrected chi connectivity index (χ2v) is 10.9. The number of hydrogen-bond donors (Lipinski definition) is 1. The monoisotopic (exact) mass is 532 g/mol. The van der Waals surface area contributed by atoms with E-state index in [0.717, 1.165) is 11.1 Å². The van der Waals surface area contributed by atoms with E-state index < -0.39 is 10.0 Å². The van der Waals surface area contributed by atoms with Crippen LogP contribution in [0.15, 0.2) is 71.9 Å². The Morgan fingerprint density at radius 1 is 0.857 bits per heavy atom. The fraction of sp³-hybridized carbons (Fsp3) is 0.200. The number of sulfonamides is 1. The first-order chi connectivity index (χ1) is 16.0. The van der Waals surface area contributed by atoms with Crippen LogP contribution in [0, 0.1) is 6.92 Å². The third-order valence-electron chi connectivity index (χ3n) is 5.23. The van der Waals surface area contributed by atoms with Crippen molar-refractivity contribution >= 4 is 78.8 Å². The quantitative estimate of drug-likeness (QED) is 0.277. The summed E-state index contributed by atoms with van der Waals surface area (Å²) < 4.78 is 29.2. The molecule has 0 aliphatic heterocycles. The van der Waals surface area contributed by atoms with E-state index in [1.165, 1.54) is 0 Å². The van der Waals surface area contributed by atoms with Crippen molar-refractivity contribution in [3.8, 4) is 22.8 Å². The molecule has 0 saturated carbocycles. The van der Waals surface area contributed by atoms with Crippen LogP contribution in [0.25, 0.3) is 22.8 Å². The summed E-state index contributed by atoms with van der Waals surface area (Å²) in [4.78, 5) is 17.2. The molecule has 1 N–H and O–H groups in total. The Bertz CT molecular complexity index is 1420. The van der Waals surface area contributed by atoms with Crippen LogP contribution in [0.3, 0.4) is 0 Å². The van der Waals surface area contributed by atoms with Crippen LogP contribution in [0.2, 0.25) is 5.15 Å². The summed E-state index contributed by atoms with van der Waals surface area (Å²) in [6, 6.07) is 15.9. The van der Waals surface area contributed by atoms with Crippen LogP contribution in [0.5, 0.6) is 0 Å². The van der Waals surface area contributed by atoms with Gasteiger partial charge in [0.05, 0.1) is 10.5 Å². The van der Waals surface area contributed by atoms with Gasteiger partial charge in [-0.1, -0.05) is 74.3 Å². The van der Waals surface area contributed by atoms with Crippen LogP contribution in [-0.2, 0) is 15.4 Å². The Hall–Kier alpha value is -1.72. The summed E-state index contributed by atoms with van der Waals surface area (Å²) in [5.74, 6) is 0.392. The molecule has 0 amide bonds. The van der Waals surface area contributed by atoms with E-state index in [1.54, 1.807) is 30.6 Å². The molecule has 0 aliphatic rings. The second kappa shape index (κ2) is 11.1. The number of anilines is 1. The second-order valence-electron chi connectivity index (χ2n) is 8.88. The summed E-state index contributed by atoms with van der Waals surface area (Å²) in [6.07, 6.45) is 3.10. The van der Waals surface area contributed by atoms with Crippen LogP contribution < -0.4 is 4.72 Å². The van der Waals surface area contributed by atoms with E-state index >= 15 is 0 Å². The number of aryl methyl sites for hydroxylation is 1. The molecule has 2 heterocycles. The van der Waals surface area contributed by atoms with Gasteiger partial charge < -0.3 is 0 Å². The third-order valence-corrected chi connectivity index (χ3v) is 6.86. The summed E-state index contributed by atoms with van der Waals surface area (Å²) >= 11 is 6.56. The smallest absolute Gasteiger partial charge is 0.263 e. The van der Waals surface area contributed by atoms with Gasteiger partial charge in [-0.3, -0.25) is 4.72 Å². The first-order valence-electron chi connectivity index (χ1n) is 10.6. The zero-order valence-electron chi connectivity index (χ0n) is 20.2. The molecule has 7 nitrogen and oxygen atoms in total. The van der Waals surface area contributed by atoms with E-state index in [1.807, 2.05) is 43.3 Å². The van der Waals surface area contributed by atoms with Gasteiger partial charge in [0.1, 0.15) is 5.15 Å². The molecule has 1 radical (unpaired) electrons. The fourth-order valence-electron chi connectivity index (χ4n) is 3.32. The molecular formula is C25H24ClKN5O2S. The Labute approximate surface area is 253 Å². The Balaban J connectivity index is 0.00000342. The number of rotatable bonds is 5. The molecule has 4 aromatic rings. The van der Waals surface area contributed by atoms with Crippen molar-refractivity contribution in [3.63, 3.8) is 0 Å². The number of halogens is 1. The summed E-state index contributed by atoms with van der Waals surface area (Å²) in [6.45, 7) is 8.17. The summed E-state index contributed by atoms with van der Waals surface area (Å²) in [5.41, 5.74) is 3.03. The topological polar surface area (TPSA) is 97.7 Å². The maximum Gasteiger partial charge on any atom is 0.263 e. The van der Waals surface area contributed by atoms with Gasteiger partial charge in [-0.05, 0) is 41.7 Å². The van der Waals surface area contributed by atoms with E-state index in [9.17, 15) is 8.42 Å². The predicted octanol–water partition coefficient (Wildman–Crippen LogP) is 5.28. The molecule has 4 rings (SSSR count). The van der Waals surface area contributed by atoms with Gasteiger partial charge >= 0.3 is 0 Å². The SMILES string of the molecule is Cc1ccc(-c2c(Cl)nc(-c3ncccn3)nc2NS(=O)(=O)c2ccc(C(C)(C)C)cc2)cc1.[K]. The van der Waals surface area contributed by atoms with E-state index in [2.05, 4.69) is 45.4 Å². The van der Waals surface area contributed by atoms with Crippen molar-refractivity contribution in [2.75, 3.05) is 4.72 Å². The zero-order valence-corrected chi connectivity index (χ0v) is 24.9. The normalized spacial score (nSPS) is 11.6. The zero-order chi connectivity index (χ0) is 24.5. The van der Waals surface area contributed by atoms with Crippen molar-refractivity contribution in [3.05, 3.63) is 83.3 Å². The van der Waals surface area contributed by atoms with Crippen molar-refractivity contribution in [2.45, 2.75) is 38.0 Å². The summed E-state index contributed by atoms with van der Waals surface area (Å²) in [5, 5.41) is 0.0853. The fourth-order valence-corrected chi connectivity index (χ4v) is 4.61. The largest absolute Gasteiger partial charge is 0.263 e. The van der Waals surface area contributed by atoms with Gasteiger partial charge in [-0.15, -0.1) is 0 Å². The molecule has 175 valence electrons. The van der Waals surface area contributed by atoms with E-state index in [0.29, 0.717) is 11.1 Å². The molecular weight excluding hydrogens is 509 g/mol. The number of hydrogen-bond acceptors (Lipinski definition) is 6. The third kappa shape index (κ3) is 6.54. The molecule has 2 aromatic heterocycles. The number of aromatic nitrogens is 4. The van der Waals surface area contributed by atoms with Crippen LogP contribution in [0.4, 0.5) is 5.82 Å². The minimum absolute atomic E-state index is 0. The minimum atomic E-state index is -3.97. The average Bonchev–Trinajstić information content (AvgIpc) is 2.80. The maximum absolute atomic E-state index is 13.3. The van der Waals surface area contributed by atoms with Crippen molar-refractivity contribution in [2.24, 2.45) is 0 Å². The average molecular weight is 533 g/mol. The molecule has 0 unspecified atom stereocenters. The van der Waals surface area contributed by atoms with E-state index in [4.69, 9.17) is 11.6 Å². The standard InChI is InChI=1S/C25H24ClN5O2S.K/c1-16-6-8-17(9-7-16)20-21(26)29-24(23-27-14-5-15-28-23)30-22(20)31-34(32,33)19-12-10-18(11-13-19)25(2,3)4;/h5-15H,1-4H3,(H,29,30,31);. The molecule has 0 spiro atoms.